The highest BCUT2D eigenvalue weighted by Gasteiger charge is 2.28. The molecule has 0 bridgehead atoms. The van der Waals surface area contributed by atoms with Crippen molar-refractivity contribution in [1.82, 2.24) is 5.32 Å². The Kier molecular flexibility index (Phi) is 5.25. The SMILES string of the molecule is CC1CCC(CNC(C)C)C(Cc2ccsc2)C1. The quantitative estimate of drug-likeness (QED) is 0.835. The highest BCUT2D eigenvalue weighted by Crippen LogP contribution is 2.35. The van der Waals surface area contributed by atoms with Crippen molar-refractivity contribution in [3.8, 4) is 0 Å². The van der Waals surface area contributed by atoms with Crippen LogP contribution in [0.3, 0.4) is 0 Å². The first kappa shape index (κ1) is 14.1. The standard InChI is InChI=1S/C16H27NS/c1-12(2)17-10-15-5-4-13(3)8-16(15)9-14-6-7-18-11-14/h6-7,11-13,15-17H,4-5,8-10H2,1-3H3. The zero-order valence-electron chi connectivity index (χ0n) is 12.0. The van der Waals surface area contributed by atoms with Crippen molar-refractivity contribution in [2.45, 2.75) is 52.5 Å². The van der Waals surface area contributed by atoms with Crippen LogP contribution in [0.4, 0.5) is 0 Å². The highest BCUT2D eigenvalue weighted by molar-refractivity contribution is 7.07. The Morgan fingerprint density at radius 1 is 1.33 bits per heavy atom. The molecule has 2 heteroatoms. The van der Waals surface area contributed by atoms with Gasteiger partial charge in [0.05, 0.1) is 0 Å². The number of hydrogen-bond acceptors (Lipinski definition) is 2. The molecule has 0 amide bonds. The van der Waals surface area contributed by atoms with E-state index in [0.717, 1.165) is 17.8 Å². The van der Waals surface area contributed by atoms with Gasteiger partial charge in [0.2, 0.25) is 0 Å². The van der Waals surface area contributed by atoms with Crippen LogP contribution in [0.5, 0.6) is 0 Å². The van der Waals surface area contributed by atoms with E-state index in [9.17, 15) is 0 Å². The summed E-state index contributed by atoms with van der Waals surface area (Å²) in [6.45, 7) is 8.13. The molecule has 0 radical (unpaired) electrons. The van der Waals surface area contributed by atoms with Crippen LogP contribution in [-0.2, 0) is 6.42 Å². The van der Waals surface area contributed by atoms with E-state index in [1.54, 1.807) is 5.56 Å². The van der Waals surface area contributed by atoms with E-state index < -0.39 is 0 Å². The lowest BCUT2D eigenvalue weighted by Gasteiger charge is -2.35. The third-order valence-electron chi connectivity index (χ3n) is 4.27. The molecular formula is C16H27NS. The summed E-state index contributed by atoms with van der Waals surface area (Å²) < 4.78 is 0. The van der Waals surface area contributed by atoms with Crippen LogP contribution in [0, 0.1) is 17.8 Å². The summed E-state index contributed by atoms with van der Waals surface area (Å²) >= 11 is 1.83. The van der Waals surface area contributed by atoms with Gasteiger partial charge in [-0.15, -0.1) is 0 Å². The number of hydrogen-bond donors (Lipinski definition) is 1. The molecule has 3 unspecified atom stereocenters. The smallest absolute Gasteiger partial charge is 0.00104 e. The Morgan fingerprint density at radius 2 is 2.17 bits per heavy atom. The van der Waals surface area contributed by atoms with Gasteiger partial charge in [0.15, 0.2) is 0 Å². The third-order valence-corrected chi connectivity index (χ3v) is 5.00. The minimum atomic E-state index is 0.617. The third kappa shape index (κ3) is 4.10. The molecular weight excluding hydrogens is 238 g/mol. The number of nitrogens with one attached hydrogen (secondary N) is 1. The largest absolute Gasteiger partial charge is 0.314 e. The summed E-state index contributed by atoms with van der Waals surface area (Å²) in [5, 5.41) is 8.18. The first-order valence-electron chi connectivity index (χ1n) is 7.39. The summed E-state index contributed by atoms with van der Waals surface area (Å²) in [5.74, 6) is 2.68. The van der Waals surface area contributed by atoms with Crippen molar-refractivity contribution in [2.24, 2.45) is 17.8 Å². The number of rotatable bonds is 5. The predicted molar refractivity (Wildman–Crippen MR) is 81.2 cm³/mol. The maximum Gasteiger partial charge on any atom is 0.00104 e. The molecule has 102 valence electrons. The highest BCUT2D eigenvalue weighted by atomic mass is 32.1. The predicted octanol–water partition coefficient (Wildman–Crippen LogP) is 4.34. The van der Waals surface area contributed by atoms with E-state index in [2.05, 4.69) is 42.9 Å². The van der Waals surface area contributed by atoms with Gasteiger partial charge < -0.3 is 5.32 Å². The fourth-order valence-electron chi connectivity index (χ4n) is 3.18. The lowest BCUT2D eigenvalue weighted by atomic mass is 9.72. The van der Waals surface area contributed by atoms with Crippen LogP contribution in [0.2, 0.25) is 0 Å². The average Bonchev–Trinajstić information content (AvgIpc) is 2.80. The lowest BCUT2D eigenvalue weighted by Crippen LogP contribution is -2.36. The molecule has 3 atom stereocenters. The van der Waals surface area contributed by atoms with Crippen LogP contribution in [-0.4, -0.2) is 12.6 Å². The minimum absolute atomic E-state index is 0.617. The molecule has 1 aliphatic rings. The van der Waals surface area contributed by atoms with Crippen molar-refractivity contribution in [3.05, 3.63) is 22.4 Å². The van der Waals surface area contributed by atoms with Gasteiger partial charge in [-0.1, -0.05) is 27.2 Å². The maximum atomic E-state index is 3.64. The first-order chi connectivity index (χ1) is 8.65. The van der Waals surface area contributed by atoms with E-state index in [4.69, 9.17) is 0 Å². The molecule has 0 aliphatic heterocycles. The lowest BCUT2D eigenvalue weighted by molar-refractivity contribution is 0.181. The Hall–Kier alpha value is -0.340. The van der Waals surface area contributed by atoms with Crippen molar-refractivity contribution in [3.63, 3.8) is 0 Å². The fraction of sp³-hybridized carbons (Fsp3) is 0.750. The first-order valence-corrected chi connectivity index (χ1v) is 8.34. The average molecular weight is 265 g/mol. The van der Waals surface area contributed by atoms with E-state index >= 15 is 0 Å². The molecule has 1 heterocycles. The Labute approximate surface area is 116 Å². The van der Waals surface area contributed by atoms with Gasteiger partial charge >= 0.3 is 0 Å². The summed E-state index contributed by atoms with van der Waals surface area (Å²) in [7, 11) is 0. The van der Waals surface area contributed by atoms with E-state index in [-0.39, 0.29) is 0 Å². The second-order valence-corrected chi connectivity index (χ2v) is 7.12. The van der Waals surface area contributed by atoms with E-state index in [0.29, 0.717) is 6.04 Å². The van der Waals surface area contributed by atoms with Gasteiger partial charge in [0.25, 0.3) is 0 Å². The van der Waals surface area contributed by atoms with Gasteiger partial charge in [-0.2, -0.15) is 11.3 Å². The van der Waals surface area contributed by atoms with Crippen LogP contribution in [0.15, 0.2) is 16.8 Å². The van der Waals surface area contributed by atoms with Crippen LogP contribution in [0.25, 0.3) is 0 Å². The molecule has 1 fully saturated rings. The Morgan fingerprint density at radius 3 is 2.83 bits per heavy atom. The van der Waals surface area contributed by atoms with Gasteiger partial charge in [0.1, 0.15) is 0 Å². The maximum absolute atomic E-state index is 3.64. The van der Waals surface area contributed by atoms with Gasteiger partial charge in [-0.3, -0.25) is 0 Å². The van der Waals surface area contributed by atoms with Crippen molar-refractivity contribution >= 4 is 11.3 Å². The molecule has 1 saturated carbocycles. The van der Waals surface area contributed by atoms with Crippen molar-refractivity contribution < 1.29 is 0 Å². The Balaban J connectivity index is 1.92. The van der Waals surface area contributed by atoms with Crippen molar-refractivity contribution in [1.29, 1.82) is 0 Å². The van der Waals surface area contributed by atoms with Crippen LogP contribution in [0.1, 0.15) is 45.6 Å². The van der Waals surface area contributed by atoms with Crippen molar-refractivity contribution in [2.75, 3.05) is 6.54 Å². The molecule has 1 aliphatic carbocycles. The molecule has 1 aromatic heterocycles. The van der Waals surface area contributed by atoms with Gasteiger partial charge in [-0.05, 0) is 66.0 Å². The molecule has 0 saturated heterocycles. The second-order valence-electron chi connectivity index (χ2n) is 6.34. The minimum Gasteiger partial charge on any atom is -0.314 e. The molecule has 1 nitrogen and oxygen atoms in total. The van der Waals surface area contributed by atoms with Crippen LogP contribution < -0.4 is 5.32 Å². The summed E-state index contributed by atoms with van der Waals surface area (Å²) in [5.41, 5.74) is 1.55. The topological polar surface area (TPSA) is 12.0 Å². The molecule has 1 aromatic rings. The monoisotopic (exact) mass is 265 g/mol. The van der Waals surface area contributed by atoms with Gasteiger partial charge in [0, 0.05) is 6.04 Å². The molecule has 2 rings (SSSR count). The molecule has 18 heavy (non-hydrogen) atoms. The van der Waals surface area contributed by atoms with E-state index in [1.165, 1.54) is 32.2 Å². The summed E-state index contributed by atoms with van der Waals surface area (Å²) in [6, 6.07) is 2.92. The molecule has 1 N–H and O–H groups in total. The summed E-state index contributed by atoms with van der Waals surface area (Å²) in [6.07, 6.45) is 5.54. The molecule has 0 aromatic carbocycles. The van der Waals surface area contributed by atoms with Crippen LogP contribution >= 0.6 is 11.3 Å². The number of thiophene rings is 1. The summed E-state index contributed by atoms with van der Waals surface area (Å²) in [4.78, 5) is 0. The Bertz CT molecular complexity index is 331. The second kappa shape index (κ2) is 6.72. The fourth-order valence-corrected chi connectivity index (χ4v) is 3.86. The van der Waals surface area contributed by atoms with E-state index in [1.807, 2.05) is 11.3 Å². The van der Waals surface area contributed by atoms with Gasteiger partial charge in [-0.25, -0.2) is 0 Å². The zero-order valence-corrected chi connectivity index (χ0v) is 12.8. The normalized spacial score (nSPS) is 28.8. The molecule has 0 spiro atoms. The zero-order chi connectivity index (χ0) is 13.0.